The van der Waals surface area contributed by atoms with E-state index in [-0.39, 0.29) is 21.0 Å². The van der Waals surface area contributed by atoms with Crippen LogP contribution in [0.4, 0.5) is 15.8 Å². The number of halogens is 1. The summed E-state index contributed by atoms with van der Waals surface area (Å²) in [4.78, 5) is 21.1. The van der Waals surface area contributed by atoms with Gasteiger partial charge in [-0.2, -0.15) is 0 Å². The number of aryl methyl sites for hydroxylation is 1. The summed E-state index contributed by atoms with van der Waals surface area (Å²) in [5, 5.41) is 9.61. The van der Waals surface area contributed by atoms with E-state index in [1.165, 1.54) is 18.2 Å². The van der Waals surface area contributed by atoms with E-state index in [0.717, 1.165) is 23.0 Å². The van der Waals surface area contributed by atoms with Crippen LogP contribution in [0.15, 0.2) is 69.6 Å². The lowest BCUT2D eigenvalue weighted by molar-refractivity contribution is -0.135. The van der Waals surface area contributed by atoms with E-state index < -0.39 is 39.0 Å². The Labute approximate surface area is 190 Å². The van der Waals surface area contributed by atoms with Gasteiger partial charge in [0, 0.05) is 24.2 Å². The number of hydrogen-bond acceptors (Lipinski definition) is 6. The Balaban J connectivity index is 1.81. The van der Waals surface area contributed by atoms with Crippen molar-refractivity contribution in [2.24, 2.45) is 4.99 Å². The topological polar surface area (TPSA) is 99.9 Å². The van der Waals surface area contributed by atoms with Crippen LogP contribution in [0, 0.1) is 12.7 Å². The first-order chi connectivity index (χ1) is 15.6. The number of carboxylic acids is 1. The molecule has 0 saturated heterocycles. The van der Waals surface area contributed by atoms with Gasteiger partial charge in [-0.15, -0.1) is 0 Å². The van der Waals surface area contributed by atoms with Crippen molar-refractivity contribution in [1.82, 2.24) is 4.98 Å². The summed E-state index contributed by atoms with van der Waals surface area (Å²) in [6, 6.07) is 9.92. The standard InChI is InChI=1S/C24H22FN3O4S/c1-14-10-17(13-26-12-14)28(3)16-4-6-18(7-5-16)33(31,32)24-20(25)8-9-21-23(24)19(11-22(29)30)15(2)27-21/h4-10,12-13,15H,11H2,1-3H3,(H,29,30). The Morgan fingerprint density at radius 2 is 1.82 bits per heavy atom. The lowest BCUT2D eigenvalue weighted by Gasteiger charge is -2.20. The van der Waals surface area contributed by atoms with Crippen LogP contribution in [-0.4, -0.2) is 37.6 Å². The quantitative estimate of drug-likeness (QED) is 0.599. The van der Waals surface area contributed by atoms with Crippen molar-refractivity contribution in [3.05, 3.63) is 76.8 Å². The second-order valence-corrected chi connectivity index (χ2v) is 9.83. The maximum Gasteiger partial charge on any atom is 0.307 e. The van der Waals surface area contributed by atoms with Crippen LogP contribution in [0.5, 0.6) is 0 Å². The molecule has 33 heavy (non-hydrogen) atoms. The molecule has 1 unspecified atom stereocenters. The van der Waals surface area contributed by atoms with E-state index in [2.05, 4.69) is 9.98 Å². The number of carboxylic acid groups (broad SMARTS) is 1. The van der Waals surface area contributed by atoms with Gasteiger partial charge in [0.25, 0.3) is 0 Å². The van der Waals surface area contributed by atoms with E-state index >= 15 is 0 Å². The lowest BCUT2D eigenvalue weighted by Crippen LogP contribution is -2.32. The number of aliphatic carboxylic acids is 1. The molecule has 3 aromatic rings. The van der Waals surface area contributed by atoms with Gasteiger partial charge in [-0.05, 0) is 67.4 Å². The highest BCUT2D eigenvalue weighted by atomic mass is 32.2. The van der Waals surface area contributed by atoms with Crippen molar-refractivity contribution in [1.29, 1.82) is 0 Å². The molecule has 9 heteroatoms. The molecule has 170 valence electrons. The Hall–Kier alpha value is -3.59. The summed E-state index contributed by atoms with van der Waals surface area (Å²) < 4.78 is 41.9. The molecule has 2 heterocycles. The van der Waals surface area contributed by atoms with Gasteiger partial charge < -0.3 is 10.0 Å². The number of rotatable bonds is 6. The molecule has 1 aliphatic heterocycles. The van der Waals surface area contributed by atoms with Gasteiger partial charge in [0.15, 0.2) is 0 Å². The zero-order chi connectivity index (χ0) is 23.9. The third-order valence-corrected chi connectivity index (χ3v) is 7.47. The Bertz CT molecular complexity index is 1490. The number of carbonyl (C=O) groups is 1. The minimum atomic E-state index is -4.28. The SMILES string of the molecule is Cc1cncc(N(C)c2ccc(S(=O)(=O)c3c(F)ccc4c3=C(CC(=O)O)C(C)N=4)cc2)c1. The van der Waals surface area contributed by atoms with Crippen LogP contribution in [0.3, 0.4) is 0 Å². The summed E-state index contributed by atoms with van der Waals surface area (Å²) in [6.45, 7) is 3.59. The molecule has 0 aliphatic carbocycles. The van der Waals surface area contributed by atoms with Crippen LogP contribution in [0.2, 0.25) is 0 Å². The van der Waals surface area contributed by atoms with E-state index in [1.54, 1.807) is 31.5 Å². The zero-order valence-electron chi connectivity index (χ0n) is 18.3. The molecular weight excluding hydrogens is 445 g/mol. The number of anilines is 2. The van der Waals surface area contributed by atoms with Crippen molar-refractivity contribution >= 4 is 32.8 Å². The Morgan fingerprint density at radius 3 is 2.45 bits per heavy atom. The van der Waals surface area contributed by atoms with Gasteiger partial charge in [0.1, 0.15) is 10.7 Å². The summed E-state index contributed by atoms with van der Waals surface area (Å²) >= 11 is 0. The smallest absolute Gasteiger partial charge is 0.307 e. The molecule has 0 spiro atoms. The first kappa shape index (κ1) is 22.6. The van der Waals surface area contributed by atoms with Gasteiger partial charge >= 0.3 is 5.97 Å². The second kappa shape index (κ2) is 8.40. The number of aromatic nitrogens is 1. The van der Waals surface area contributed by atoms with Crippen LogP contribution < -0.4 is 15.5 Å². The van der Waals surface area contributed by atoms with Gasteiger partial charge in [-0.25, -0.2) is 12.8 Å². The predicted octanol–water partition coefficient (Wildman–Crippen LogP) is 2.78. The van der Waals surface area contributed by atoms with Gasteiger partial charge in [-0.1, -0.05) is 0 Å². The zero-order valence-corrected chi connectivity index (χ0v) is 19.1. The minimum Gasteiger partial charge on any atom is -0.481 e. The normalized spacial score (nSPS) is 15.2. The molecule has 4 rings (SSSR count). The van der Waals surface area contributed by atoms with Crippen molar-refractivity contribution < 1.29 is 22.7 Å². The van der Waals surface area contributed by atoms with Crippen molar-refractivity contribution in [3.8, 4) is 0 Å². The molecule has 0 fully saturated rings. The van der Waals surface area contributed by atoms with Crippen molar-refractivity contribution in [2.45, 2.75) is 36.1 Å². The second-order valence-electron chi connectivity index (χ2n) is 7.95. The molecule has 0 amide bonds. The van der Waals surface area contributed by atoms with Crippen LogP contribution >= 0.6 is 0 Å². The molecule has 0 saturated carbocycles. The molecule has 0 radical (unpaired) electrons. The molecular formula is C24H22FN3O4S. The van der Waals surface area contributed by atoms with E-state index in [4.69, 9.17) is 0 Å². The van der Waals surface area contributed by atoms with Gasteiger partial charge in [0.05, 0.1) is 34.6 Å². The Morgan fingerprint density at radius 1 is 1.12 bits per heavy atom. The fourth-order valence-corrected chi connectivity index (χ4v) is 5.52. The highest BCUT2D eigenvalue weighted by Gasteiger charge is 2.29. The molecule has 1 aliphatic rings. The number of benzene rings is 2. The third-order valence-electron chi connectivity index (χ3n) is 5.64. The summed E-state index contributed by atoms with van der Waals surface area (Å²) in [7, 11) is -2.45. The average Bonchev–Trinajstić information content (AvgIpc) is 3.07. The molecule has 7 nitrogen and oxygen atoms in total. The minimum absolute atomic E-state index is 0.0527. The number of sulfone groups is 1. The number of hydrogen-bond donors (Lipinski definition) is 1. The van der Waals surface area contributed by atoms with Gasteiger partial charge in [-0.3, -0.25) is 14.8 Å². The summed E-state index contributed by atoms with van der Waals surface area (Å²) in [5.74, 6) is -2.07. The fraction of sp³-hybridized carbons (Fsp3) is 0.208. The van der Waals surface area contributed by atoms with E-state index in [9.17, 15) is 22.7 Å². The van der Waals surface area contributed by atoms with E-state index in [0.29, 0.717) is 0 Å². The highest BCUT2D eigenvalue weighted by molar-refractivity contribution is 7.91. The van der Waals surface area contributed by atoms with E-state index in [1.807, 2.05) is 24.9 Å². The number of nitrogens with zero attached hydrogens (tertiary/aromatic N) is 3. The van der Waals surface area contributed by atoms with Crippen molar-refractivity contribution in [2.75, 3.05) is 11.9 Å². The van der Waals surface area contributed by atoms with Crippen molar-refractivity contribution in [3.63, 3.8) is 0 Å². The lowest BCUT2D eigenvalue weighted by atomic mass is 10.0. The molecule has 0 bridgehead atoms. The maximum atomic E-state index is 14.9. The molecule has 2 aromatic carbocycles. The third kappa shape index (κ3) is 4.11. The van der Waals surface area contributed by atoms with Crippen LogP contribution in [0.1, 0.15) is 18.9 Å². The largest absolute Gasteiger partial charge is 0.481 e. The van der Waals surface area contributed by atoms with Gasteiger partial charge in [0.2, 0.25) is 9.84 Å². The molecule has 1 aromatic heterocycles. The maximum absolute atomic E-state index is 14.9. The molecule has 1 N–H and O–H groups in total. The first-order valence-corrected chi connectivity index (χ1v) is 11.7. The Kier molecular flexibility index (Phi) is 5.75. The summed E-state index contributed by atoms with van der Waals surface area (Å²) in [6.07, 6.45) is 3.02. The number of fused-ring (bicyclic) bond motifs is 1. The summed E-state index contributed by atoms with van der Waals surface area (Å²) in [5.41, 5.74) is 2.82. The van der Waals surface area contributed by atoms with Crippen LogP contribution in [-0.2, 0) is 14.6 Å². The first-order valence-electron chi connectivity index (χ1n) is 10.2. The fourth-order valence-electron chi connectivity index (χ4n) is 3.96. The predicted molar refractivity (Wildman–Crippen MR) is 121 cm³/mol. The highest BCUT2D eigenvalue weighted by Crippen LogP contribution is 2.28. The molecule has 1 atom stereocenters. The average molecular weight is 468 g/mol. The number of pyridine rings is 1. The van der Waals surface area contributed by atoms with Crippen LogP contribution in [0.25, 0.3) is 5.57 Å². The monoisotopic (exact) mass is 467 g/mol.